The molecule has 1 aliphatic rings. The Labute approximate surface area is 245 Å². The molecule has 0 bridgehead atoms. The minimum Gasteiger partial charge on any atom is -0.487 e. The van der Waals surface area contributed by atoms with Gasteiger partial charge in [-0.05, 0) is 58.8 Å². The number of pyridine rings is 1. The van der Waals surface area contributed by atoms with Crippen molar-refractivity contribution >= 4 is 53.4 Å². The summed E-state index contributed by atoms with van der Waals surface area (Å²) < 4.78 is 25.0. The highest BCUT2D eigenvalue weighted by atomic mass is 127. The number of rotatable bonds is 9. The summed E-state index contributed by atoms with van der Waals surface area (Å²) in [6.45, 7) is 1.47. The van der Waals surface area contributed by atoms with Crippen LogP contribution >= 0.6 is 21.0 Å². The molecule has 0 aliphatic carbocycles. The van der Waals surface area contributed by atoms with Gasteiger partial charge in [-0.2, -0.15) is 4.80 Å². The Morgan fingerprint density at radius 1 is 0.878 bits per heavy atom. The number of hydrogen-bond acceptors (Lipinski definition) is 9. The summed E-state index contributed by atoms with van der Waals surface area (Å²) in [6.07, 6.45) is 1.89. The molecule has 0 amide bonds. The summed E-state index contributed by atoms with van der Waals surface area (Å²) in [5.74, 6) is 2.39. The standard InChI is InChI=1S/C30H24IN7O3/c1-37-35-30(34-36-37)28-14-23-12-21(15-38-18-31-32-19-38)13-27(29(23)41-28)40-16-20-6-10-25(11-7-20)39-17-24-9-8-22-4-2-3-5-26(22)33-24/h2-14,18-19H,15-17H2,1H3. The van der Waals surface area contributed by atoms with Crippen molar-refractivity contribution in [2.45, 2.75) is 19.8 Å². The average molecular weight is 657 g/mol. The van der Waals surface area contributed by atoms with Crippen molar-refractivity contribution in [1.29, 1.82) is 0 Å². The Balaban J connectivity index is 1.07. The van der Waals surface area contributed by atoms with Gasteiger partial charge in [0.05, 0.1) is 22.4 Å². The minimum atomic E-state index is -0.248. The van der Waals surface area contributed by atoms with Crippen LogP contribution in [0.15, 0.2) is 86.5 Å². The van der Waals surface area contributed by atoms with Crippen LogP contribution in [0.5, 0.6) is 11.5 Å². The molecule has 4 heterocycles. The Morgan fingerprint density at radius 2 is 1.78 bits per heavy atom. The number of furan rings is 1. The van der Waals surface area contributed by atoms with Gasteiger partial charge in [0.15, 0.2) is 17.1 Å². The lowest BCUT2D eigenvalue weighted by Gasteiger charge is -2.13. The second-order valence-electron chi connectivity index (χ2n) is 9.52. The van der Waals surface area contributed by atoms with Gasteiger partial charge in [-0.15, -0.1) is 10.2 Å². The van der Waals surface area contributed by atoms with E-state index in [1.165, 1.54) is 4.80 Å². The molecule has 0 radical (unpaired) electrons. The van der Waals surface area contributed by atoms with Crippen molar-refractivity contribution in [3.05, 3.63) is 95.7 Å². The van der Waals surface area contributed by atoms with E-state index >= 15 is 0 Å². The number of halogens is 1. The zero-order valence-electron chi connectivity index (χ0n) is 22.0. The first-order valence-electron chi connectivity index (χ1n) is 12.9. The molecule has 3 aromatic heterocycles. The first-order chi connectivity index (χ1) is 20.2. The third kappa shape index (κ3) is 5.66. The molecule has 0 N–H and O–H groups in total. The Kier molecular flexibility index (Phi) is 6.85. The quantitative estimate of drug-likeness (QED) is 0.179. The van der Waals surface area contributed by atoms with Crippen LogP contribution in [0.3, 0.4) is 0 Å². The van der Waals surface area contributed by atoms with Crippen LogP contribution in [0.4, 0.5) is 0 Å². The van der Waals surface area contributed by atoms with E-state index < -0.39 is 0 Å². The third-order valence-corrected chi connectivity index (χ3v) is 8.05. The van der Waals surface area contributed by atoms with Crippen LogP contribution in [-0.4, -0.2) is 40.6 Å². The molecule has 0 spiro atoms. The fourth-order valence-corrected chi connectivity index (χ4v) is 5.80. The van der Waals surface area contributed by atoms with E-state index in [1.807, 2.05) is 67.0 Å². The predicted molar refractivity (Wildman–Crippen MR) is 165 cm³/mol. The molecule has 11 heteroatoms. The number of fused-ring (bicyclic) bond motifs is 2. The third-order valence-electron chi connectivity index (χ3n) is 6.51. The number of benzene rings is 3. The number of nitrogens with zero attached hydrogens (tertiary/aromatic N) is 7. The SMILES string of the molecule is Cn1nnc(-c2cc3cc(CN4C=NI=C4)cc(OCc4ccc(OCc5ccc6ccccc6n5)cc4)c3o2)n1. The van der Waals surface area contributed by atoms with Gasteiger partial charge in [0, 0.05) is 38.3 Å². The Bertz CT molecular complexity index is 1900. The molecule has 0 unspecified atom stereocenters. The molecular formula is C30H24IN7O3. The smallest absolute Gasteiger partial charge is 0.240 e. The number of ether oxygens (including phenoxy) is 2. The summed E-state index contributed by atoms with van der Waals surface area (Å²) >= 11 is -0.248. The van der Waals surface area contributed by atoms with E-state index in [0.717, 1.165) is 38.9 Å². The van der Waals surface area contributed by atoms with E-state index in [4.69, 9.17) is 13.9 Å². The van der Waals surface area contributed by atoms with Gasteiger partial charge in [-0.3, -0.25) is 0 Å². The van der Waals surface area contributed by atoms with E-state index in [-0.39, 0.29) is 21.0 Å². The summed E-state index contributed by atoms with van der Waals surface area (Å²) in [7, 11) is 1.72. The van der Waals surface area contributed by atoms with Crippen molar-refractivity contribution < 1.29 is 13.9 Å². The molecule has 3 aromatic carbocycles. The maximum absolute atomic E-state index is 6.31. The molecule has 0 saturated heterocycles. The van der Waals surface area contributed by atoms with Crippen LogP contribution in [0.1, 0.15) is 16.8 Å². The Morgan fingerprint density at radius 3 is 2.61 bits per heavy atom. The predicted octanol–water partition coefficient (Wildman–Crippen LogP) is 5.82. The number of para-hydroxylation sites is 1. The fraction of sp³-hybridized carbons (Fsp3) is 0.133. The largest absolute Gasteiger partial charge is 0.487 e. The lowest BCUT2D eigenvalue weighted by molar-refractivity contribution is 0.298. The molecule has 7 rings (SSSR count). The zero-order valence-corrected chi connectivity index (χ0v) is 24.2. The topological polar surface area (TPSA) is 104 Å². The van der Waals surface area contributed by atoms with E-state index in [0.29, 0.717) is 42.7 Å². The van der Waals surface area contributed by atoms with Crippen molar-refractivity contribution in [3.63, 3.8) is 0 Å². The van der Waals surface area contributed by atoms with Crippen LogP contribution in [0.25, 0.3) is 33.5 Å². The number of aryl methyl sites for hydroxylation is 1. The lowest BCUT2D eigenvalue weighted by Crippen LogP contribution is -2.15. The van der Waals surface area contributed by atoms with Crippen molar-refractivity contribution in [2.24, 2.45) is 10.3 Å². The minimum absolute atomic E-state index is 0.248. The molecule has 10 nitrogen and oxygen atoms in total. The van der Waals surface area contributed by atoms with Gasteiger partial charge >= 0.3 is 0 Å². The molecule has 6 aromatic rings. The van der Waals surface area contributed by atoms with Crippen LogP contribution in [0, 0.1) is 0 Å². The molecular weight excluding hydrogens is 633 g/mol. The molecule has 0 atom stereocenters. The Hall–Kier alpha value is -4.65. The van der Waals surface area contributed by atoms with E-state index in [9.17, 15) is 0 Å². The summed E-state index contributed by atoms with van der Waals surface area (Å²) in [5, 5.41) is 14.3. The van der Waals surface area contributed by atoms with Gasteiger partial charge in [0.1, 0.15) is 25.3 Å². The van der Waals surface area contributed by atoms with E-state index in [1.54, 1.807) is 7.05 Å². The molecule has 41 heavy (non-hydrogen) atoms. The number of aromatic nitrogens is 5. The zero-order chi connectivity index (χ0) is 27.6. The van der Waals surface area contributed by atoms with Crippen LogP contribution in [-0.2, 0) is 26.8 Å². The van der Waals surface area contributed by atoms with Crippen molar-refractivity contribution in [3.8, 4) is 23.1 Å². The lowest BCUT2D eigenvalue weighted by atomic mass is 10.1. The summed E-state index contributed by atoms with van der Waals surface area (Å²) in [6, 6.07) is 26.1. The molecule has 1 aliphatic heterocycles. The molecule has 0 fully saturated rings. The van der Waals surface area contributed by atoms with Gasteiger partial charge in [0.25, 0.3) is 0 Å². The van der Waals surface area contributed by atoms with E-state index in [2.05, 4.69) is 50.8 Å². The van der Waals surface area contributed by atoms with Crippen LogP contribution < -0.4 is 9.47 Å². The van der Waals surface area contributed by atoms with Gasteiger partial charge in [0.2, 0.25) is 5.82 Å². The fourth-order valence-electron chi connectivity index (χ4n) is 4.53. The average Bonchev–Trinajstić information content (AvgIpc) is 3.77. The molecule has 204 valence electrons. The van der Waals surface area contributed by atoms with Gasteiger partial charge in [-0.1, -0.05) is 36.4 Å². The molecule has 0 saturated carbocycles. The first-order valence-corrected chi connectivity index (χ1v) is 15.1. The highest BCUT2D eigenvalue weighted by molar-refractivity contribution is 14.2. The summed E-state index contributed by atoms with van der Waals surface area (Å²) in [5.41, 5.74) is 4.59. The maximum atomic E-state index is 6.31. The number of hydrogen-bond donors (Lipinski definition) is 0. The monoisotopic (exact) mass is 657 g/mol. The normalized spacial score (nSPS) is 12.8. The number of tetrazole rings is 1. The van der Waals surface area contributed by atoms with Gasteiger partial charge in [-0.25, -0.2) is 8.19 Å². The van der Waals surface area contributed by atoms with Crippen molar-refractivity contribution in [1.82, 2.24) is 30.1 Å². The highest BCUT2D eigenvalue weighted by Gasteiger charge is 2.17. The van der Waals surface area contributed by atoms with Crippen LogP contribution in [0.2, 0.25) is 0 Å². The van der Waals surface area contributed by atoms with Gasteiger partial charge < -0.3 is 18.8 Å². The highest BCUT2D eigenvalue weighted by Crippen LogP contribution is 2.34. The first kappa shape index (κ1) is 25.3. The second kappa shape index (κ2) is 11.1. The summed E-state index contributed by atoms with van der Waals surface area (Å²) in [4.78, 5) is 8.19. The second-order valence-corrected chi connectivity index (χ2v) is 11.2. The maximum Gasteiger partial charge on any atom is 0.240 e. The van der Waals surface area contributed by atoms with Crippen molar-refractivity contribution in [2.75, 3.05) is 0 Å².